The minimum Gasteiger partial charge on any atom is -0.319 e. The summed E-state index contributed by atoms with van der Waals surface area (Å²) < 4.78 is 0. The lowest BCUT2D eigenvalue weighted by atomic mass is 9.79. The van der Waals surface area contributed by atoms with E-state index in [1.807, 2.05) is 0 Å². The molecule has 2 atom stereocenters. The van der Waals surface area contributed by atoms with Crippen molar-refractivity contribution in [2.75, 3.05) is 13.6 Å². The molecule has 2 saturated carbocycles. The van der Waals surface area contributed by atoms with Gasteiger partial charge in [-0.2, -0.15) is 0 Å². The van der Waals surface area contributed by atoms with Crippen molar-refractivity contribution in [1.29, 1.82) is 0 Å². The second-order valence-corrected chi connectivity index (χ2v) is 5.66. The van der Waals surface area contributed by atoms with Crippen LogP contribution < -0.4 is 5.32 Å². The summed E-state index contributed by atoms with van der Waals surface area (Å²) in [4.78, 5) is 0. The van der Waals surface area contributed by atoms with Gasteiger partial charge in [-0.05, 0) is 44.2 Å². The summed E-state index contributed by atoms with van der Waals surface area (Å²) in [6, 6.07) is 0. The van der Waals surface area contributed by atoms with Crippen LogP contribution >= 0.6 is 0 Å². The molecule has 0 aromatic heterocycles. The highest BCUT2D eigenvalue weighted by molar-refractivity contribution is 4.84. The molecular weight excluding hydrogens is 182 g/mol. The molecule has 0 spiro atoms. The third-order valence-corrected chi connectivity index (χ3v) is 4.69. The van der Waals surface area contributed by atoms with Crippen molar-refractivity contribution in [3.8, 4) is 0 Å². The van der Waals surface area contributed by atoms with Gasteiger partial charge in [0.1, 0.15) is 0 Å². The Balaban J connectivity index is 1.89. The van der Waals surface area contributed by atoms with Gasteiger partial charge in [0, 0.05) is 0 Å². The van der Waals surface area contributed by atoms with Crippen LogP contribution in [-0.4, -0.2) is 13.6 Å². The molecule has 0 heterocycles. The summed E-state index contributed by atoms with van der Waals surface area (Å²) in [5.74, 6) is 3.14. The van der Waals surface area contributed by atoms with E-state index < -0.39 is 0 Å². The largest absolute Gasteiger partial charge is 0.319 e. The molecule has 1 nitrogen and oxygen atoms in total. The summed E-state index contributed by atoms with van der Waals surface area (Å²) in [7, 11) is 2.11. The first kappa shape index (κ1) is 11.4. The van der Waals surface area contributed by atoms with Crippen LogP contribution in [-0.2, 0) is 0 Å². The van der Waals surface area contributed by atoms with Crippen molar-refractivity contribution in [3.05, 3.63) is 0 Å². The van der Waals surface area contributed by atoms with Gasteiger partial charge in [-0.25, -0.2) is 0 Å². The van der Waals surface area contributed by atoms with E-state index in [4.69, 9.17) is 0 Å². The molecule has 15 heavy (non-hydrogen) atoms. The van der Waals surface area contributed by atoms with Crippen LogP contribution in [0.1, 0.15) is 57.8 Å². The minimum absolute atomic E-state index is 0.998. The van der Waals surface area contributed by atoms with Gasteiger partial charge in [-0.3, -0.25) is 0 Å². The fraction of sp³-hybridized carbons (Fsp3) is 1.00. The highest BCUT2D eigenvalue weighted by Gasteiger charge is 2.32. The first-order valence-corrected chi connectivity index (χ1v) is 7.06. The smallest absolute Gasteiger partial charge is 0.00208 e. The maximum atomic E-state index is 3.39. The van der Waals surface area contributed by atoms with Gasteiger partial charge < -0.3 is 5.32 Å². The second-order valence-electron chi connectivity index (χ2n) is 5.66. The minimum atomic E-state index is 0.998. The maximum Gasteiger partial charge on any atom is -0.00208 e. The molecule has 0 aliphatic heterocycles. The molecule has 1 heteroatoms. The van der Waals surface area contributed by atoms with Crippen molar-refractivity contribution >= 4 is 0 Å². The molecule has 1 N–H and O–H groups in total. The summed E-state index contributed by atoms with van der Waals surface area (Å²) in [5, 5.41) is 3.39. The predicted molar refractivity (Wildman–Crippen MR) is 65.9 cm³/mol. The van der Waals surface area contributed by atoms with Gasteiger partial charge in [0.25, 0.3) is 0 Å². The van der Waals surface area contributed by atoms with Crippen LogP contribution in [0.25, 0.3) is 0 Å². The third-order valence-electron chi connectivity index (χ3n) is 4.69. The predicted octanol–water partition coefficient (Wildman–Crippen LogP) is 3.59. The molecule has 2 aliphatic carbocycles. The zero-order valence-corrected chi connectivity index (χ0v) is 10.3. The molecule has 0 radical (unpaired) electrons. The van der Waals surface area contributed by atoms with E-state index >= 15 is 0 Å². The highest BCUT2D eigenvalue weighted by atomic mass is 14.8. The SMILES string of the molecule is CNCC1CCCC1C1CCCCCC1. The highest BCUT2D eigenvalue weighted by Crippen LogP contribution is 2.41. The van der Waals surface area contributed by atoms with Crippen LogP contribution in [0.3, 0.4) is 0 Å². The third kappa shape index (κ3) is 2.96. The summed E-state index contributed by atoms with van der Waals surface area (Å²) in [6.45, 7) is 1.27. The summed E-state index contributed by atoms with van der Waals surface area (Å²) >= 11 is 0. The average molecular weight is 209 g/mol. The number of rotatable bonds is 3. The molecule has 2 aliphatic rings. The lowest BCUT2D eigenvalue weighted by Crippen LogP contribution is -2.26. The fourth-order valence-electron chi connectivity index (χ4n) is 3.94. The van der Waals surface area contributed by atoms with Gasteiger partial charge in [-0.1, -0.05) is 44.9 Å². The Morgan fingerprint density at radius 3 is 2.27 bits per heavy atom. The fourth-order valence-corrected chi connectivity index (χ4v) is 3.94. The topological polar surface area (TPSA) is 12.0 Å². The van der Waals surface area contributed by atoms with Crippen LogP contribution in [0.4, 0.5) is 0 Å². The number of hydrogen-bond acceptors (Lipinski definition) is 1. The van der Waals surface area contributed by atoms with Gasteiger partial charge in [0.2, 0.25) is 0 Å². The van der Waals surface area contributed by atoms with Gasteiger partial charge in [0.05, 0.1) is 0 Å². The average Bonchev–Trinajstić information content (AvgIpc) is 2.53. The van der Waals surface area contributed by atoms with Crippen molar-refractivity contribution in [2.24, 2.45) is 17.8 Å². The summed E-state index contributed by atoms with van der Waals surface area (Å²) in [6.07, 6.45) is 13.6. The zero-order chi connectivity index (χ0) is 10.5. The van der Waals surface area contributed by atoms with Crippen LogP contribution in [0, 0.1) is 17.8 Å². The van der Waals surface area contributed by atoms with Crippen LogP contribution in [0.2, 0.25) is 0 Å². The normalized spacial score (nSPS) is 34.2. The number of nitrogens with one attached hydrogen (secondary N) is 1. The quantitative estimate of drug-likeness (QED) is 0.700. The van der Waals surface area contributed by atoms with Crippen molar-refractivity contribution in [2.45, 2.75) is 57.8 Å². The molecule has 2 rings (SSSR count). The monoisotopic (exact) mass is 209 g/mol. The molecule has 2 unspecified atom stereocenters. The maximum absolute atomic E-state index is 3.39. The van der Waals surface area contributed by atoms with E-state index in [2.05, 4.69) is 12.4 Å². The second kappa shape index (κ2) is 5.89. The van der Waals surface area contributed by atoms with E-state index in [9.17, 15) is 0 Å². The van der Waals surface area contributed by atoms with Gasteiger partial charge in [-0.15, -0.1) is 0 Å². The molecule has 0 aromatic carbocycles. The lowest BCUT2D eigenvalue weighted by molar-refractivity contribution is 0.234. The van der Waals surface area contributed by atoms with E-state index in [0.717, 1.165) is 17.8 Å². The molecule has 2 fully saturated rings. The van der Waals surface area contributed by atoms with E-state index in [-0.39, 0.29) is 0 Å². The van der Waals surface area contributed by atoms with Crippen molar-refractivity contribution in [1.82, 2.24) is 5.32 Å². The Labute approximate surface area is 95.0 Å². The summed E-state index contributed by atoms with van der Waals surface area (Å²) in [5.41, 5.74) is 0. The Hall–Kier alpha value is -0.0400. The molecular formula is C14H27N. The van der Waals surface area contributed by atoms with E-state index in [0.29, 0.717) is 0 Å². The Morgan fingerprint density at radius 1 is 0.867 bits per heavy atom. The lowest BCUT2D eigenvalue weighted by Gasteiger charge is -2.27. The zero-order valence-electron chi connectivity index (χ0n) is 10.3. The Bertz CT molecular complexity index is 170. The molecule has 88 valence electrons. The van der Waals surface area contributed by atoms with Gasteiger partial charge >= 0.3 is 0 Å². The van der Waals surface area contributed by atoms with Gasteiger partial charge in [0.15, 0.2) is 0 Å². The Kier molecular flexibility index (Phi) is 4.49. The van der Waals surface area contributed by atoms with Crippen LogP contribution in [0.15, 0.2) is 0 Å². The molecule has 0 aromatic rings. The van der Waals surface area contributed by atoms with Crippen LogP contribution in [0.5, 0.6) is 0 Å². The van der Waals surface area contributed by atoms with E-state index in [1.165, 1.54) is 64.3 Å². The molecule has 0 amide bonds. The molecule has 0 saturated heterocycles. The number of hydrogen-bond donors (Lipinski definition) is 1. The van der Waals surface area contributed by atoms with Crippen molar-refractivity contribution in [3.63, 3.8) is 0 Å². The first-order valence-electron chi connectivity index (χ1n) is 7.06. The standard InChI is InChI=1S/C14H27N/c1-15-11-13-9-6-10-14(13)12-7-4-2-3-5-8-12/h12-15H,2-11H2,1H3. The Morgan fingerprint density at radius 2 is 1.60 bits per heavy atom. The van der Waals surface area contributed by atoms with E-state index in [1.54, 1.807) is 0 Å². The van der Waals surface area contributed by atoms with Crippen molar-refractivity contribution < 1.29 is 0 Å². The first-order chi connectivity index (χ1) is 7.42. The molecule has 0 bridgehead atoms.